The molecule has 214 valence electrons. The average Bonchev–Trinajstić information content (AvgIpc) is 3.60. The van der Waals surface area contributed by atoms with Crippen LogP contribution < -0.4 is 16.4 Å². The number of aromatic amines is 1. The maximum Gasteiger partial charge on any atom is 0.251 e. The third-order valence-electron chi connectivity index (χ3n) is 6.57. The Morgan fingerprint density at radius 3 is 2.68 bits per heavy atom. The number of halogens is 1. The molecule has 0 saturated carbocycles. The van der Waals surface area contributed by atoms with Crippen molar-refractivity contribution in [3.05, 3.63) is 78.0 Å². The summed E-state index contributed by atoms with van der Waals surface area (Å²) < 4.78 is 12.0. The minimum atomic E-state index is -0.412. The summed E-state index contributed by atoms with van der Waals surface area (Å²) in [4.78, 5) is 31.3. The second-order valence-corrected chi connectivity index (χ2v) is 9.76. The fraction of sp³-hybridized carbons (Fsp3) is 0.267. The van der Waals surface area contributed by atoms with Gasteiger partial charge in [0.2, 0.25) is 5.91 Å². The molecule has 0 spiro atoms. The van der Waals surface area contributed by atoms with Crippen LogP contribution in [-0.4, -0.2) is 63.4 Å². The molecule has 0 radical (unpaired) electrons. The SMILES string of the molecule is CN/C(C)=C\C(N)=N/c1ncc(C)c(-c2c[nH]c3c(NC(=O)CN4CCCC4)cccc23)n1.Oc1cccc(F)c1. The summed E-state index contributed by atoms with van der Waals surface area (Å²) in [6, 6.07) is 11.1. The number of hydrogen-bond donors (Lipinski definition) is 5. The van der Waals surface area contributed by atoms with Crippen molar-refractivity contribution in [2.75, 3.05) is 32.0 Å². The van der Waals surface area contributed by atoms with Gasteiger partial charge in [0.25, 0.3) is 5.95 Å². The monoisotopic (exact) mass is 558 g/mol. The van der Waals surface area contributed by atoms with Gasteiger partial charge in [-0.2, -0.15) is 4.99 Å². The second-order valence-electron chi connectivity index (χ2n) is 9.76. The van der Waals surface area contributed by atoms with Crippen LogP contribution in [0.15, 0.2) is 71.6 Å². The lowest BCUT2D eigenvalue weighted by Gasteiger charge is -2.14. The number of fused-ring (bicyclic) bond motifs is 1. The van der Waals surface area contributed by atoms with Crippen molar-refractivity contribution in [2.24, 2.45) is 10.7 Å². The van der Waals surface area contributed by atoms with Crippen LogP contribution in [-0.2, 0) is 4.79 Å². The molecule has 41 heavy (non-hydrogen) atoms. The highest BCUT2D eigenvalue weighted by Crippen LogP contribution is 2.33. The van der Waals surface area contributed by atoms with Crippen LogP contribution in [0, 0.1) is 12.7 Å². The number of allylic oxidation sites excluding steroid dienone is 1. The minimum absolute atomic E-state index is 0.00391. The maximum absolute atomic E-state index is 12.6. The molecule has 2 aromatic heterocycles. The normalized spacial score (nSPS) is 14.0. The second kappa shape index (κ2) is 13.5. The molecule has 1 saturated heterocycles. The molecule has 0 aliphatic carbocycles. The number of rotatable bonds is 7. The molecular weight excluding hydrogens is 523 g/mol. The molecule has 11 heteroatoms. The molecule has 0 unspecified atom stereocenters. The number of benzene rings is 2. The lowest BCUT2D eigenvalue weighted by molar-refractivity contribution is -0.117. The molecule has 1 aliphatic rings. The van der Waals surface area contributed by atoms with Gasteiger partial charge >= 0.3 is 0 Å². The number of carbonyl (C=O) groups excluding carboxylic acids is 1. The van der Waals surface area contributed by atoms with Crippen molar-refractivity contribution >= 4 is 34.3 Å². The molecule has 2 aromatic carbocycles. The number of carbonyl (C=O) groups is 1. The van der Waals surface area contributed by atoms with E-state index >= 15 is 0 Å². The van der Waals surface area contributed by atoms with Crippen LogP contribution in [0.3, 0.4) is 0 Å². The van der Waals surface area contributed by atoms with Crippen LogP contribution in [0.5, 0.6) is 5.75 Å². The van der Waals surface area contributed by atoms with Gasteiger partial charge in [0.1, 0.15) is 17.4 Å². The van der Waals surface area contributed by atoms with Gasteiger partial charge in [-0.1, -0.05) is 18.2 Å². The number of H-pyrrole nitrogens is 1. The number of nitrogens with two attached hydrogens (primary N) is 1. The highest BCUT2D eigenvalue weighted by atomic mass is 19.1. The number of nitrogens with zero attached hydrogens (tertiary/aromatic N) is 4. The lowest BCUT2D eigenvalue weighted by Crippen LogP contribution is -2.30. The van der Waals surface area contributed by atoms with E-state index in [1.807, 2.05) is 45.3 Å². The fourth-order valence-corrected chi connectivity index (χ4v) is 4.47. The molecule has 5 rings (SSSR count). The molecule has 10 nitrogen and oxygen atoms in total. The molecule has 4 aromatic rings. The quantitative estimate of drug-likeness (QED) is 0.165. The standard InChI is InChI=1S/C24H30N8O.C6H5FO/c1-15-12-28-24(30-20(25)11-16(2)26-3)31-22(15)18-13-27-23-17(18)7-6-8-19(23)29-21(33)14-32-9-4-5-10-32;7-5-2-1-3-6(8)4-5/h6-8,11-13,26-27H,4-5,9-10,14H2,1-3H3,(H,29,33)(H2,25,28,30,31);1-4,8H/b16-11-;. The fourth-order valence-electron chi connectivity index (χ4n) is 4.47. The van der Waals surface area contributed by atoms with Gasteiger partial charge in [-0.05, 0) is 69.6 Å². The number of aliphatic imine (C=N–C) groups is 1. The van der Waals surface area contributed by atoms with Crippen LogP contribution in [0.4, 0.5) is 16.0 Å². The summed E-state index contributed by atoms with van der Waals surface area (Å²) in [5.74, 6) is 0.155. The molecule has 0 bridgehead atoms. The summed E-state index contributed by atoms with van der Waals surface area (Å²) in [6.07, 6.45) is 7.68. The van der Waals surface area contributed by atoms with Crippen molar-refractivity contribution in [1.82, 2.24) is 25.2 Å². The number of nitrogens with one attached hydrogen (secondary N) is 3. The lowest BCUT2D eigenvalue weighted by atomic mass is 10.1. The number of aryl methyl sites for hydroxylation is 1. The first kappa shape index (κ1) is 29.2. The van der Waals surface area contributed by atoms with E-state index in [1.165, 1.54) is 18.2 Å². The predicted octanol–water partition coefficient (Wildman–Crippen LogP) is 4.61. The van der Waals surface area contributed by atoms with Crippen LogP contribution in [0.25, 0.3) is 22.2 Å². The first-order valence-electron chi connectivity index (χ1n) is 13.3. The molecular formula is C30H35FN8O2. The Bertz CT molecular complexity index is 1560. The zero-order valence-electron chi connectivity index (χ0n) is 23.4. The number of aromatic hydroxyl groups is 1. The van der Waals surface area contributed by atoms with Crippen molar-refractivity contribution in [3.63, 3.8) is 0 Å². The van der Waals surface area contributed by atoms with Gasteiger partial charge in [0, 0.05) is 42.2 Å². The number of amides is 1. The number of anilines is 1. The average molecular weight is 559 g/mol. The smallest absolute Gasteiger partial charge is 0.251 e. The van der Waals surface area contributed by atoms with E-state index in [-0.39, 0.29) is 17.6 Å². The molecule has 1 amide bonds. The van der Waals surface area contributed by atoms with Gasteiger partial charge in [-0.25, -0.2) is 14.4 Å². The predicted molar refractivity (Wildman–Crippen MR) is 161 cm³/mol. The minimum Gasteiger partial charge on any atom is -0.508 e. The van der Waals surface area contributed by atoms with E-state index in [0.29, 0.717) is 12.4 Å². The van der Waals surface area contributed by atoms with Gasteiger partial charge in [0.15, 0.2) is 0 Å². The Morgan fingerprint density at radius 1 is 1.24 bits per heavy atom. The first-order valence-corrected chi connectivity index (χ1v) is 13.3. The number of amidine groups is 1. The summed E-state index contributed by atoms with van der Waals surface area (Å²) in [5.41, 5.74) is 11.1. The summed E-state index contributed by atoms with van der Waals surface area (Å²) in [5, 5.41) is 15.6. The molecule has 0 atom stereocenters. The molecule has 6 N–H and O–H groups in total. The Hall–Kier alpha value is -4.77. The van der Waals surface area contributed by atoms with Crippen molar-refractivity contribution in [3.8, 4) is 17.0 Å². The largest absolute Gasteiger partial charge is 0.508 e. The van der Waals surface area contributed by atoms with Crippen molar-refractivity contribution in [2.45, 2.75) is 26.7 Å². The van der Waals surface area contributed by atoms with E-state index in [1.54, 1.807) is 12.3 Å². The summed E-state index contributed by atoms with van der Waals surface area (Å²) >= 11 is 0. The number of phenols is 1. The first-order chi connectivity index (χ1) is 19.7. The van der Waals surface area contributed by atoms with Crippen molar-refractivity contribution < 1.29 is 14.3 Å². The van der Waals surface area contributed by atoms with E-state index in [4.69, 9.17) is 10.8 Å². The Labute approximate surface area is 238 Å². The number of hydrogen-bond acceptors (Lipinski definition) is 7. The Balaban J connectivity index is 0.000000417. The summed E-state index contributed by atoms with van der Waals surface area (Å²) in [6.45, 7) is 6.24. The number of phenolic OH excluding ortho intramolecular Hbond substituents is 1. The Kier molecular flexibility index (Phi) is 9.64. The number of likely N-dealkylation sites (tertiary alicyclic amines) is 1. The van der Waals surface area contributed by atoms with Crippen LogP contribution >= 0.6 is 0 Å². The highest BCUT2D eigenvalue weighted by molar-refractivity contribution is 6.06. The van der Waals surface area contributed by atoms with Gasteiger partial charge in [0.05, 0.1) is 23.4 Å². The van der Waals surface area contributed by atoms with E-state index < -0.39 is 5.82 Å². The van der Waals surface area contributed by atoms with Gasteiger partial charge in [-0.15, -0.1) is 0 Å². The highest BCUT2D eigenvalue weighted by Gasteiger charge is 2.17. The van der Waals surface area contributed by atoms with Crippen molar-refractivity contribution in [1.29, 1.82) is 0 Å². The molecule has 1 fully saturated rings. The topological polar surface area (TPSA) is 145 Å². The van der Waals surface area contributed by atoms with E-state index in [0.717, 1.165) is 71.1 Å². The zero-order chi connectivity index (χ0) is 29.4. The number of para-hydroxylation sites is 1. The Morgan fingerprint density at radius 2 is 2.00 bits per heavy atom. The zero-order valence-corrected chi connectivity index (χ0v) is 23.4. The maximum atomic E-state index is 12.6. The van der Waals surface area contributed by atoms with E-state index in [9.17, 15) is 9.18 Å². The van der Waals surface area contributed by atoms with E-state index in [2.05, 4.69) is 35.5 Å². The van der Waals surface area contributed by atoms with Gasteiger partial charge in [-0.3, -0.25) is 9.69 Å². The third kappa shape index (κ3) is 7.89. The molecule has 3 heterocycles. The number of aromatic nitrogens is 3. The molecule has 1 aliphatic heterocycles. The third-order valence-corrected chi connectivity index (χ3v) is 6.57. The van der Waals surface area contributed by atoms with Crippen LogP contribution in [0.1, 0.15) is 25.3 Å². The van der Waals surface area contributed by atoms with Gasteiger partial charge < -0.3 is 26.5 Å². The van der Waals surface area contributed by atoms with Crippen LogP contribution in [0.2, 0.25) is 0 Å². The summed E-state index contributed by atoms with van der Waals surface area (Å²) in [7, 11) is 1.82.